The molecule has 1 aromatic carbocycles. The number of hydrogen-bond donors (Lipinski definition) is 0. The van der Waals surface area contributed by atoms with Crippen LogP contribution in [-0.2, 0) is 5.41 Å². The summed E-state index contributed by atoms with van der Waals surface area (Å²) in [6.45, 7) is 9.52. The van der Waals surface area contributed by atoms with Crippen LogP contribution >= 0.6 is 0 Å². The maximum Gasteiger partial charge on any atom is 0.209 e. The minimum atomic E-state index is 0.0392. The summed E-state index contributed by atoms with van der Waals surface area (Å²) in [5.41, 5.74) is 5.89. The van der Waals surface area contributed by atoms with Gasteiger partial charge in [-0.25, -0.2) is 0 Å². The van der Waals surface area contributed by atoms with Crippen LogP contribution in [0.5, 0.6) is 0 Å². The molecule has 0 radical (unpaired) electrons. The summed E-state index contributed by atoms with van der Waals surface area (Å²) in [5.74, 6) is 0.804. The number of hydrogen-bond acceptors (Lipinski definition) is 1. The van der Waals surface area contributed by atoms with Crippen molar-refractivity contribution in [2.45, 2.75) is 64.8 Å². The quantitative estimate of drug-likeness (QED) is 0.439. The molecule has 29 heavy (non-hydrogen) atoms. The van der Waals surface area contributed by atoms with E-state index in [0.29, 0.717) is 0 Å². The van der Waals surface area contributed by atoms with E-state index in [4.69, 9.17) is 0 Å². The summed E-state index contributed by atoms with van der Waals surface area (Å²) in [6.07, 6.45) is 16.8. The van der Waals surface area contributed by atoms with Crippen molar-refractivity contribution >= 4 is 11.4 Å². The average molecular weight is 390 g/mol. The monoisotopic (exact) mass is 389 g/mol. The largest absolute Gasteiger partial charge is 0.374 e. The van der Waals surface area contributed by atoms with Gasteiger partial charge in [-0.05, 0) is 38.7 Å². The fraction of sp³-hybridized carbons (Fsp3) is 0.519. The van der Waals surface area contributed by atoms with Crippen LogP contribution in [0.3, 0.4) is 0 Å². The Hall–Kier alpha value is -2.09. The van der Waals surface area contributed by atoms with Gasteiger partial charge in [-0.2, -0.15) is 4.58 Å². The number of likely N-dealkylation sites (tertiary alicyclic amines) is 1. The van der Waals surface area contributed by atoms with E-state index in [1.165, 1.54) is 48.3 Å². The number of nitrogens with zero attached hydrogens (tertiary/aromatic N) is 2. The molecule has 0 aromatic heterocycles. The lowest BCUT2D eigenvalue weighted by atomic mass is 9.71. The predicted molar refractivity (Wildman–Crippen MR) is 124 cm³/mol. The Kier molecular flexibility index (Phi) is 5.09. The third kappa shape index (κ3) is 3.21. The molecule has 4 rings (SSSR count). The van der Waals surface area contributed by atoms with Gasteiger partial charge in [-0.1, -0.05) is 63.1 Å². The van der Waals surface area contributed by atoms with Gasteiger partial charge in [0.25, 0.3) is 0 Å². The van der Waals surface area contributed by atoms with Crippen molar-refractivity contribution in [2.75, 3.05) is 14.1 Å². The van der Waals surface area contributed by atoms with Crippen molar-refractivity contribution < 1.29 is 4.58 Å². The zero-order valence-corrected chi connectivity index (χ0v) is 19.1. The zero-order valence-electron chi connectivity index (χ0n) is 19.1. The average Bonchev–Trinajstić information content (AvgIpc) is 3.02. The van der Waals surface area contributed by atoms with Gasteiger partial charge in [0.1, 0.15) is 7.05 Å². The topological polar surface area (TPSA) is 6.25 Å². The SMILES string of the molecule is CN1/C(=C/C=C/C=C/C2=[N+](C)c3ccccc3C2(C)C)C(C)(C)C2CCCCC21. The molecule has 2 heteroatoms. The van der Waals surface area contributed by atoms with Crippen LogP contribution in [0.25, 0.3) is 0 Å². The summed E-state index contributed by atoms with van der Waals surface area (Å²) < 4.78 is 2.33. The molecular formula is C27H37N2+. The third-order valence-electron chi connectivity index (χ3n) is 7.86. The lowest BCUT2D eigenvalue weighted by molar-refractivity contribution is -0.401. The summed E-state index contributed by atoms with van der Waals surface area (Å²) >= 11 is 0. The number of para-hydroxylation sites is 1. The molecule has 154 valence electrons. The maximum atomic E-state index is 2.57. The number of allylic oxidation sites excluding steroid dienone is 6. The molecule has 0 spiro atoms. The van der Waals surface area contributed by atoms with Crippen molar-refractivity contribution in [3.63, 3.8) is 0 Å². The Balaban J connectivity index is 1.53. The molecule has 1 saturated carbocycles. The molecule has 2 atom stereocenters. The van der Waals surface area contributed by atoms with E-state index in [1.807, 2.05) is 0 Å². The van der Waals surface area contributed by atoms with E-state index < -0.39 is 0 Å². The van der Waals surface area contributed by atoms with Gasteiger partial charge in [0.15, 0.2) is 5.71 Å². The molecule has 3 aliphatic rings. The molecule has 1 saturated heterocycles. The number of fused-ring (bicyclic) bond motifs is 2. The molecule has 2 nitrogen and oxygen atoms in total. The molecule has 0 N–H and O–H groups in total. The second-order valence-electron chi connectivity index (χ2n) is 10.2. The summed E-state index contributed by atoms with van der Waals surface area (Å²) in [7, 11) is 4.48. The predicted octanol–water partition coefficient (Wildman–Crippen LogP) is 6.22. The first-order valence-corrected chi connectivity index (χ1v) is 11.2. The normalized spacial score (nSPS) is 29.3. The first kappa shape index (κ1) is 20.2. The molecule has 1 aromatic rings. The Labute approximate surface area is 177 Å². The summed E-state index contributed by atoms with van der Waals surface area (Å²) in [4.78, 5) is 2.57. The zero-order chi connectivity index (χ0) is 20.8. The lowest BCUT2D eigenvalue weighted by Gasteiger charge is -2.33. The van der Waals surface area contributed by atoms with Crippen LogP contribution < -0.4 is 0 Å². The van der Waals surface area contributed by atoms with Crippen LogP contribution in [0.15, 0.2) is 60.3 Å². The van der Waals surface area contributed by atoms with E-state index in [-0.39, 0.29) is 10.8 Å². The van der Waals surface area contributed by atoms with Gasteiger partial charge in [-0.3, -0.25) is 0 Å². The Morgan fingerprint density at radius 3 is 2.45 bits per heavy atom. The smallest absolute Gasteiger partial charge is 0.209 e. The van der Waals surface area contributed by atoms with Gasteiger partial charge in [0, 0.05) is 41.9 Å². The van der Waals surface area contributed by atoms with Crippen molar-refractivity contribution in [2.24, 2.45) is 11.3 Å². The Morgan fingerprint density at radius 2 is 1.72 bits per heavy atom. The molecule has 0 amide bonds. The Morgan fingerprint density at radius 1 is 1.00 bits per heavy atom. The van der Waals surface area contributed by atoms with Crippen LogP contribution in [-0.4, -0.2) is 35.3 Å². The third-order valence-corrected chi connectivity index (χ3v) is 7.86. The molecule has 0 bridgehead atoms. The highest BCUT2D eigenvalue weighted by Gasteiger charge is 2.49. The van der Waals surface area contributed by atoms with E-state index in [9.17, 15) is 0 Å². The molecule has 2 unspecified atom stereocenters. The van der Waals surface area contributed by atoms with Gasteiger partial charge < -0.3 is 4.90 Å². The maximum absolute atomic E-state index is 2.57. The van der Waals surface area contributed by atoms with Crippen molar-refractivity contribution in [3.05, 3.63) is 65.9 Å². The van der Waals surface area contributed by atoms with Crippen molar-refractivity contribution in [3.8, 4) is 0 Å². The highest BCUT2D eigenvalue weighted by atomic mass is 15.2. The fourth-order valence-electron chi connectivity index (χ4n) is 6.23. The van der Waals surface area contributed by atoms with Crippen LogP contribution in [0.2, 0.25) is 0 Å². The first-order chi connectivity index (χ1) is 13.8. The molecule has 2 aliphatic heterocycles. The van der Waals surface area contributed by atoms with Crippen LogP contribution in [0, 0.1) is 11.3 Å². The molecule has 2 fully saturated rings. The van der Waals surface area contributed by atoms with E-state index >= 15 is 0 Å². The second-order valence-corrected chi connectivity index (χ2v) is 10.2. The highest BCUT2D eigenvalue weighted by molar-refractivity contribution is 6.03. The molecule has 1 aliphatic carbocycles. The fourth-order valence-corrected chi connectivity index (χ4v) is 6.23. The summed E-state index contributed by atoms with van der Waals surface area (Å²) in [5, 5.41) is 0. The van der Waals surface area contributed by atoms with Crippen molar-refractivity contribution in [1.29, 1.82) is 0 Å². The van der Waals surface area contributed by atoms with E-state index in [1.54, 1.807) is 0 Å². The Bertz CT molecular complexity index is 910. The minimum absolute atomic E-state index is 0.0392. The number of rotatable bonds is 3. The molecular weight excluding hydrogens is 352 g/mol. The van der Waals surface area contributed by atoms with E-state index in [2.05, 4.69) is 106 Å². The first-order valence-electron chi connectivity index (χ1n) is 11.2. The van der Waals surface area contributed by atoms with Gasteiger partial charge in [-0.15, -0.1) is 0 Å². The van der Waals surface area contributed by atoms with Gasteiger partial charge >= 0.3 is 0 Å². The van der Waals surface area contributed by atoms with Crippen molar-refractivity contribution in [1.82, 2.24) is 4.90 Å². The molecule has 2 heterocycles. The van der Waals surface area contributed by atoms with Crippen LogP contribution in [0.4, 0.5) is 5.69 Å². The lowest BCUT2D eigenvalue weighted by Crippen LogP contribution is -2.32. The summed E-state index contributed by atoms with van der Waals surface area (Å²) in [6, 6.07) is 9.47. The van der Waals surface area contributed by atoms with Crippen LogP contribution in [0.1, 0.15) is 58.9 Å². The standard InChI is InChI=1S/C27H37N2/c1-26(2)20-14-10-12-16-22(20)28(5)24(26)18-8-7-9-19-25-27(3,4)21-15-11-13-17-23(21)29(25)6/h7-10,12,14,16,18-19,21,23H,11,13,15,17H2,1-6H3/q+1. The van der Waals surface area contributed by atoms with Gasteiger partial charge in [0.05, 0.1) is 5.41 Å². The second kappa shape index (κ2) is 7.31. The highest BCUT2D eigenvalue weighted by Crippen LogP contribution is 2.52. The number of benzene rings is 1. The van der Waals surface area contributed by atoms with Gasteiger partial charge in [0.2, 0.25) is 5.69 Å². The minimum Gasteiger partial charge on any atom is -0.374 e. The van der Waals surface area contributed by atoms with E-state index in [0.717, 1.165) is 12.0 Å².